The molecule has 2 aromatic heterocycles. The standard InChI is InChI=1S/C13H10ClN5O3/c1-17-10-9(11(20)18(2)13(17)22)16-19(12(21)15-10)8-5-3-4-7(14)6-8/h3-6H,1-2H3. The molecule has 0 aliphatic heterocycles. The fourth-order valence-corrected chi connectivity index (χ4v) is 2.27. The van der Waals surface area contributed by atoms with Crippen LogP contribution in [0.4, 0.5) is 0 Å². The van der Waals surface area contributed by atoms with Crippen molar-refractivity contribution in [1.82, 2.24) is 23.9 Å². The van der Waals surface area contributed by atoms with E-state index < -0.39 is 16.9 Å². The van der Waals surface area contributed by atoms with E-state index in [-0.39, 0.29) is 11.2 Å². The lowest BCUT2D eigenvalue weighted by Crippen LogP contribution is -2.40. The third-order valence-corrected chi connectivity index (χ3v) is 3.48. The topological polar surface area (TPSA) is 91.8 Å². The van der Waals surface area contributed by atoms with Crippen LogP contribution in [0.1, 0.15) is 0 Å². The molecule has 1 aromatic carbocycles. The van der Waals surface area contributed by atoms with Crippen LogP contribution in [0.3, 0.4) is 0 Å². The van der Waals surface area contributed by atoms with Gasteiger partial charge in [-0.25, -0.2) is 9.59 Å². The van der Waals surface area contributed by atoms with Gasteiger partial charge >= 0.3 is 11.4 Å². The highest BCUT2D eigenvalue weighted by Crippen LogP contribution is 2.12. The maximum atomic E-state index is 12.2. The Hall–Kier alpha value is -2.74. The van der Waals surface area contributed by atoms with Gasteiger partial charge in [-0.2, -0.15) is 14.8 Å². The van der Waals surface area contributed by atoms with Crippen LogP contribution in [-0.2, 0) is 14.1 Å². The number of benzene rings is 1. The Morgan fingerprint density at radius 1 is 1.09 bits per heavy atom. The molecule has 0 saturated heterocycles. The molecular weight excluding hydrogens is 310 g/mol. The van der Waals surface area contributed by atoms with Gasteiger partial charge in [-0.1, -0.05) is 17.7 Å². The number of nitrogens with zero attached hydrogens (tertiary/aromatic N) is 5. The van der Waals surface area contributed by atoms with Gasteiger partial charge in [0.15, 0.2) is 11.2 Å². The van der Waals surface area contributed by atoms with Crippen LogP contribution < -0.4 is 16.9 Å². The molecule has 0 N–H and O–H groups in total. The first-order valence-corrected chi connectivity index (χ1v) is 6.61. The molecule has 0 spiro atoms. The molecule has 0 bridgehead atoms. The molecule has 112 valence electrons. The van der Waals surface area contributed by atoms with Gasteiger partial charge in [0.1, 0.15) is 0 Å². The summed E-state index contributed by atoms with van der Waals surface area (Å²) in [7, 11) is 2.75. The van der Waals surface area contributed by atoms with Gasteiger partial charge in [0.2, 0.25) is 0 Å². The van der Waals surface area contributed by atoms with Crippen molar-refractivity contribution in [1.29, 1.82) is 0 Å². The molecule has 0 amide bonds. The van der Waals surface area contributed by atoms with Crippen molar-refractivity contribution in [3.8, 4) is 5.69 Å². The Balaban J connectivity index is 2.46. The van der Waals surface area contributed by atoms with Crippen molar-refractivity contribution < 1.29 is 0 Å². The Kier molecular flexibility index (Phi) is 3.18. The third kappa shape index (κ3) is 2.04. The van der Waals surface area contributed by atoms with Crippen molar-refractivity contribution in [3.05, 3.63) is 60.6 Å². The highest BCUT2D eigenvalue weighted by atomic mass is 35.5. The maximum Gasteiger partial charge on any atom is 0.370 e. The predicted octanol–water partition coefficient (Wildman–Crippen LogP) is -0.169. The molecule has 3 aromatic rings. The normalized spacial score (nSPS) is 11.0. The van der Waals surface area contributed by atoms with E-state index in [0.29, 0.717) is 10.7 Å². The SMILES string of the molecule is Cn1c(=O)c2nn(-c3cccc(Cl)c3)c(=O)nc2n(C)c1=O. The number of hydrogen-bond acceptors (Lipinski definition) is 5. The number of aryl methyl sites for hydroxylation is 1. The van der Waals surface area contributed by atoms with E-state index in [1.54, 1.807) is 18.2 Å². The fourth-order valence-electron chi connectivity index (χ4n) is 2.09. The molecule has 0 saturated carbocycles. The van der Waals surface area contributed by atoms with E-state index in [0.717, 1.165) is 13.8 Å². The number of halogens is 1. The minimum absolute atomic E-state index is 0.0589. The maximum absolute atomic E-state index is 12.2. The lowest BCUT2D eigenvalue weighted by molar-refractivity contribution is 0.683. The minimum Gasteiger partial charge on any atom is -0.279 e. The molecule has 0 fully saturated rings. The van der Waals surface area contributed by atoms with Gasteiger partial charge in [-0.15, -0.1) is 0 Å². The zero-order valence-electron chi connectivity index (χ0n) is 11.6. The quantitative estimate of drug-likeness (QED) is 0.621. The summed E-state index contributed by atoms with van der Waals surface area (Å²) in [5.74, 6) is 0. The first-order valence-electron chi connectivity index (χ1n) is 6.23. The van der Waals surface area contributed by atoms with Crippen molar-refractivity contribution in [2.45, 2.75) is 0 Å². The van der Waals surface area contributed by atoms with Crippen LogP contribution in [0.2, 0.25) is 5.02 Å². The molecule has 0 radical (unpaired) electrons. The molecular formula is C13H10ClN5O3. The second-order valence-electron chi connectivity index (χ2n) is 4.66. The van der Waals surface area contributed by atoms with Crippen molar-refractivity contribution in [2.75, 3.05) is 0 Å². The molecule has 8 nitrogen and oxygen atoms in total. The third-order valence-electron chi connectivity index (χ3n) is 3.25. The first-order chi connectivity index (χ1) is 10.4. The second kappa shape index (κ2) is 4.92. The van der Waals surface area contributed by atoms with E-state index >= 15 is 0 Å². The highest BCUT2D eigenvalue weighted by Gasteiger charge is 2.14. The van der Waals surface area contributed by atoms with Crippen LogP contribution in [0.25, 0.3) is 16.9 Å². The van der Waals surface area contributed by atoms with E-state index in [1.807, 2.05) is 0 Å². The Morgan fingerprint density at radius 2 is 1.82 bits per heavy atom. The molecule has 0 aliphatic rings. The van der Waals surface area contributed by atoms with Crippen molar-refractivity contribution in [3.63, 3.8) is 0 Å². The number of fused-ring (bicyclic) bond motifs is 1. The van der Waals surface area contributed by atoms with Gasteiger partial charge in [0.25, 0.3) is 5.56 Å². The summed E-state index contributed by atoms with van der Waals surface area (Å²) in [5.41, 5.74) is -1.67. The smallest absolute Gasteiger partial charge is 0.279 e. The van der Waals surface area contributed by atoms with Crippen molar-refractivity contribution >= 4 is 22.8 Å². The predicted molar refractivity (Wildman–Crippen MR) is 80.6 cm³/mol. The summed E-state index contributed by atoms with van der Waals surface area (Å²) in [6, 6.07) is 6.43. The summed E-state index contributed by atoms with van der Waals surface area (Å²) < 4.78 is 2.98. The van der Waals surface area contributed by atoms with Gasteiger partial charge in [-0.3, -0.25) is 13.9 Å². The van der Waals surface area contributed by atoms with Gasteiger partial charge < -0.3 is 0 Å². The molecule has 22 heavy (non-hydrogen) atoms. The summed E-state index contributed by atoms with van der Waals surface area (Å²) in [6.45, 7) is 0. The van der Waals surface area contributed by atoms with Gasteiger partial charge in [0.05, 0.1) is 5.69 Å². The zero-order valence-corrected chi connectivity index (χ0v) is 12.4. The van der Waals surface area contributed by atoms with Gasteiger partial charge in [-0.05, 0) is 18.2 Å². The number of hydrogen-bond donors (Lipinski definition) is 0. The highest BCUT2D eigenvalue weighted by molar-refractivity contribution is 6.30. The molecule has 2 heterocycles. The zero-order chi connectivity index (χ0) is 16.0. The fraction of sp³-hybridized carbons (Fsp3) is 0.154. The van der Waals surface area contributed by atoms with Crippen LogP contribution >= 0.6 is 11.6 Å². The van der Waals surface area contributed by atoms with Gasteiger partial charge in [0, 0.05) is 19.1 Å². The molecule has 3 rings (SSSR count). The van der Waals surface area contributed by atoms with Crippen molar-refractivity contribution in [2.24, 2.45) is 14.1 Å². The molecule has 0 unspecified atom stereocenters. The Bertz CT molecular complexity index is 1080. The first kappa shape index (κ1) is 14.2. The Labute approximate surface area is 127 Å². The van der Waals surface area contributed by atoms with Crippen LogP contribution in [0.5, 0.6) is 0 Å². The van der Waals surface area contributed by atoms with Crippen LogP contribution in [0, 0.1) is 0 Å². The average molecular weight is 320 g/mol. The lowest BCUT2D eigenvalue weighted by atomic mass is 10.3. The number of aromatic nitrogens is 5. The summed E-state index contributed by atoms with van der Waals surface area (Å²) in [4.78, 5) is 39.9. The average Bonchev–Trinajstić information content (AvgIpc) is 2.50. The van der Waals surface area contributed by atoms with E-state index in [9.17, 15) is 14.4 Å². The summed E-state index contributed by atoms with van der Waals surface area (Å²) >= 11 is 5.89. The van der Waals surface area contributed by atoms with E-state index in [4.69, 9.17) is 11.6 Å². The largest absolute Gasteiger partial charge is 0.370 e. The monoisotopic (exact) mass is 319 g/mol. The van der Waals surface area contributed by atoms with E-state index in [1.165, 1.54) is 20.2 Å². The number of rotatable bonds is 1. The van der Waals surface area contributed by atoms with Crippen LogP contribution in [-0.4, -0.2) is 23.9 Å². The molecule has 9 heteroatoms. The van der Waals surface area contributed by atoms with E-state index in [2.05, 4.69) is 10.1 Å². The Morgan fingerprint density at radius 3 is 2.50 bits per heavy atom. The lowest BCUT2D eigenvalue weighted by Gasteiger charge is -2.08. The summed E-state index contributed by atoms with van der Waals surface area (Å²) in [6.07, 6.45) is 0. The summed E-state index contributed by atoms with van der Waals surface area (Å²) in [5, 5.41) is 4.45. The molecule has 0 atom stereocenters. The van der Waals surface area contributed by atoms with Crippen LogP contribution in [0.15, 0.2) is 38.6 Å². The minimum atomic E-state index is -0.710. The second-order valence-corrected chi connectivity index (χ2v) is 5.10. The molecule has 0 aliphatic carbocycles.